The summed E-state index contributed by atoms with van der Waals surface area (Å²) in [5.74, 6) is -0.946. The number of hydrogen-bond acceptors (Lipinski definition) is 7. The molecule has 2 fully saturated rings. The van der Waals surface area contributed by atoms with E-state index >= 15 is 4.39 Å². The summed E-state index contributed by atoms with van der Waals surface area (Å²) in [7, 11) is 0. The average Bonchev–Trinajstić information content (AvgIpc) is 3.12. The third-order valence-electron chi connectivity index (χ3n) is 7.84. The molecule has 0 amide bonds. The maximum atomic E-state index is 15.2. The van der Waals surface area contributed by atoms with Crippen LogP contribution in [0.3, 0.4) is 0 Å². The molecule has 12 heteroatoms. The molecule has 4 heterocycles. The van der Waals surface area contributed by atoms with E-state index < -0.39 is 17.3 Å². The SMILES string of the molecule is C[C@@H]1CN(c2nc(=O)n3c4c(c(-c5cc(Cl)c(F)cc5F)c(Cl)cc24)OC[C@@H](N2CCOCC2)C3)[C@@H](C)CN1. The number of halogens is 4. The fourth-order valence-corrected chi connectivity index (χ4v) is 6.24. The molecule has 0 bridgehead atoms. The van der Waals surface area contributed by atoms with Crippen molar-refractivity contribution in [3.8, 4) is 16.9 Å². The molecular weight excluding hydrogens is 551 g/mol. The van der Waals surface area contributed by atoms with Gasteiger partial charge in [-0.05, 0) is 26.0 Å². The van der Waals surface area contributed by atoms with Crippen molar-refractivity contribution in [2.45, 2.75) is 38.5 Å². The highest BCUT2D eigenvalue weighted by Crippen LogP contribution is 2.46. The van der Waals surface area contributed by atoms with Gasteiger partial charge >= 0.3 is 5.69 Å². The van der Waals surface area contributed by atoms with Gasteiger partial charge in [-0.3, -0.25) is 9.47 Å². The van der Waals surface area contributed by atoms with Crippen molar-refractivity contribution in [1.82, 2.24) is 19.8 Å². The lowest BCUT2D eigenvalue weighted by Gasteiger charge is -2.39. The second-order valence-electron chi connectivity index (χ2n) is 10.5. The zero-order valence-corrected chi connectivity index (χ0v) is 23.2. The van der Waals surface area contributed by atoms with E-state index in [0.29, 0.717) is 56.1 Å². The fourth-order valence-electron chi connectivity index (χ4n) is 5.78. The summed E-state index contributed by atoms with van der Waals surface area (Å²) in [5.41, 5.74) is 0.276. The molecule has 0 saturated carbocycles. The van der Waals surface area contributed by atoms with Gasteiger partial charge in [0.25, 0.3) is 0 Å². The van der Waals surface area contributed by atoms with Gasteiger partial charge in [0.15, 0.2) is 5.75 Å². The van der Waals surface area contributed by atoms with Gasteiger partial charge in [0.2, 0.25) is 0 Å². The van der Waals surface area contributed by atoms with E-state index in [4.69, 9.17) is 32.7 Å². The van der Waals surface area contributed by atoms with Crippen molar-refractivity contribution in [3.05, 3.63) is 50.4 Å². The third kappa shape index (κ3) is 4.76. The first-order chi connectivity index (χ1) is 18.7. The molecule has 3 atom stereocenters. The lowest BCUT2D eigenvalue weighted by atomic mass is 10.0. The van der Waals surface area contributed by atoms with Crippen LogP contribution in [0, 0.1) is 11.6 Å². The Morgan fingerprint density at radius 1 is 1.05 bits per heavy atom. The Bertz CT molecular complexity index is 1500. The van der Waals surface area contributed by atoms with Crippen molar-refractivity contribution in [1.29, 1.82) is 0 Å². The largest absolute Gasteiger partial charge is 0.489 e. The number of nitrogens with zero attached hydrogens (tertiary/aromatic N) is 4. The van der Waals surface area contributed by atoms with E-state index in [1.54, 1.807) is 10.6 Å². The van der Waals surface area contributed by atoms with Crippen molar-refractivity contribution < 1.29 is 18.3 Å². The summed E-state index contributed by atoms with van der Waals surface area (Å²) in [6, 6.07) is 3.72. The molecule has 208 valence electrons. The number of nitrogens with one attached hydrogen (secondary N) is 1. The number of rotatable bonds is 3. The van der Waals surface area contributed by atoms with Crippen LogP contribution < -0.4 is 20.6 Å². The quantitative estimate of drug-likeness (QED) is 0.471. The van der Waals surface area contributed by atoms with Gasteiger partial charge in [-0.1, -0.05) is 23.2 Å². The highest BCUT2D eigenvalue weighted by Gasteiger charge is 2.33. The topological polar surface area (TPSA) is 71.9 Å². The van der Waals surface area contributed by atoms with Crippen molar-refractivity contribution in [2.75, 3.05) is 50.9 Å². The minimum Gasteiger partial charge on any atom is -0.489 e. The Hall–Kier alpha value is -2.50. The van der Waals surface area contributed by atoms with Gasteiger partial charge in [0.05, 0.1) is 34.8 Å². The summed E-state index contributed by atoms with van der Waals surface area (Å²) >= 11 is 12.9. The highest BCUT2D eigenvalue weighted by atomic mass is 35.5. The van der Waals surface area contributed by atoms with Crippen molar-refractivity contribution >= 4 is 39.9 Å². The molecule has 0 unspecified atom stereocenters. The molecule has 39 heavy (non-hydrogen) atoms. The first-order valence-electron chi connectivity index (χ1n) is 13.1. The molecule has 0 spiro atoms. The molecule has 1 N–H and O–H groups in total. The fraction of sp³-hybridized carbons (Fsp3) is 0.481. The minimum atomic E-state index is -0.876. The van der Waals surface area contributed by atoms with Crippen LogP contribution in [-0.4, -0.2) is 78.6 Å². The minimum absolute atomic E-state index is 0.00496. The van der Waals surface area contributed by atoms with Gasteiger partial charge in [-0.25, -0.2) is 13.6 Å². The maximum absolute atomic E-state index is 15.2. The summed E-state index contributed by atoms with van der Waals surface area (Å²) in [6.45, 7) is 8.62. The monoisotopic (exact) mass is 579 g/mol. The highest BCUT2D eigenvalue weighted by molar-refractivity contribution is 6.35. The molecule has 1 aromatic heterocycles. The number of aromatic nitrogens is 2. The van der Waals surface area contributed by atoms with Crippen molar-refractivity contribution in [2.24, 2.45) is 0 Å². The molecule has 0 aliphatic carbocycles. The van der Waals surface area contributed by atoms with Crippen LogP contribution in [0.1, 0.15) is 13.8 Å². The molecule has 3 aliphatic heterocycles. The first-order valence-corrected chi connectivity index (χ1v) is 13.8. The zero-order valence-electron chi connectivity index (χ0n) is 21.6. The Morgan fingerprint density at radius 3 is 2.59 bits per heavy atom. The number of piperazine rings is 1. The number of anilines is 1. The van der Waals surface area contributed by atoms with Gasteiger partial charge in [-0.2, -0.15) is 4.98 Å². The smallest absolute Gasteiger partial charge is 0.350 e. The predicted molar refractivity (Wildman–Crippen MR) is 147 cm³/mol. The normalized spacial score (nSPS) is 24.1. The lowest BCUT2D eigenvalue weighted by molar-refractivity contribution is 0.00339. The Morgan fingerprint density at radius 2 is 1.82 bits per heavy atom. The standard InChI is InChI=1S/C27H29Cl2F2N5O3/c1-14-11-35(15(2)10-32-14)26-18-8-20(29)23(17-7-19(28)22(31)9-21(17)30)25-24(18)36(27(37)33-26)12-16(13-39-25)34-3-5-38-6-4-34/h7-9,14-16,32H,3-6,10-13H2,1-2H3/t14-,15+,16+/m1/s1. The summed E-state index contributed by atoms with van der Waals surface area (Å²) < 4.78 is 42.8. The number of ether oxygens (including phenoxy) is 2. The van der Waals surface area contributed by atoms with E-state index in [2.05, 4.69) is 33.9 Å². The maximum Gasteiger partial charge on any atom is 0.350 e. The van der Waals surface area contributed by atoms with Gasteiger partial charge in [0, 0.05) is 67.4 Å². The first kappa shape index (κ1) is 26.7. The molecule has 3 aliphatic rings. The molecule has 2 aromatic carbocycles. The van der Waals surface area contributed by atoms with E-state index in [9.17, 15) is 9.18 Å². The van der Waals surface area contributed by atoms with Crippen LogP contribution in [0.5, 0.6) is 5.75 Å². The molecule has 3 aromatic rings. The molecule has 0 radical (unpaired) electrons. The van der Waals surface area contributed by atoms with Crippen molar-refractivity contribution in [3.63, 3.8) is 0 Å². The number of benzene rings is 2. The average molecular weight is 580 g/mol. The molecular formula is C27H29Cl2F2N5O3. The zero-order chi connectivity index (χ0) is 27.4. The van der Waals surface area contributed by atoms with Gasteiger partial charge in [-0.15, -0.1) is 0 Å². The molecule has 6 rings (SSSR count). The summed E-state index contributed by atoms with van der Waals surface area (Å²) in [6.07, 6.45) is 0. The Kier molecular flexibility index (Phi) is 7.18. The third-order valence-corrected chi connectivity index (χ3v) is 8.43. The van der Waals surface area contributed by atoms with E-state index in [-0.39, 0.29) is 51.7 Å². The van der Waals surface area contributed by atoms with Crippen LogP contribution in [0.2, 0.25) is 10.0 Å². The van der Waals surface area contributed by atoms with Crippen LogP contribution >= 0.6 is 23.2 Å². The van der Waals surface area contributed by atoms with Crippen LogP contribution in [0.4, 0.5) is 14.6 Å². The molecule has 2 saturated heterocycles. The lowest BCUT2D eigenvalue weighted by Crippen LogP contribution is -2.55. The van der Waals surface area contributed by atoms with Crippen LogP contribution in [-0.2, 0) is 11.3 Å². The summed E-state index contributed by atoms with van der Waals surface area (Å²) in [5, 5.41) is 4.02. The summed E-state index contributed by atoms with van der Waals surface area (Å²) in [4.78, 5) is 22.6. The van der Waals surface area contributed by atoms with Gasteiger partial charge in [0.1, 0.15) is 24.1 Å². The molecule has 8 nitrogen and oxygen atoms in total. The predicted octanol–water partition coefficient (Wildman–Crippen LogP) is 3.93. The van der Waals surface area contributed by atoms with Gasteiger partial charge < -0.3 is 19.7 Å². The second-order valence-corrected chi connectivity index (χ2v) is 11.3. The Labute approximate surface area is 234 Å². The second kappa shape index (κ2) is 10.5. The van der Waals surface area contributed by atoms with Crippen LogP contribution in [0.15, 0.2) is 23.0 Å². The van der Waals surface area contributed by atoms with E-state index in [1.807, 2.05) is 0 Å². The number of morpholine rings is 1. The Balaban J connectivity index is 1.61. The van der Waals surface area contributed by atoms with E-state index in [0.717, 1.165) is 12.6 Å². The van der Waals surface area contributed by atoms with E-state index in [1.165, 1.54) is 6.07 Å². The number of hydrogen-bond donors (Lipinski definition) is 1. The van der Waals surface area contributed by atoms with Crippen LogP contribution in [0.25, 0.3) is 22.0 Å².